The van der Waals surface area contributed by atoms with E-state index in [1.165, 1.54) is 25.5 Å². The molecule has 5 heteroatoms. The normalized spacial score (nSPS) is 19.2. The quantitative estimate of drug-likeness (QED) is 0.907. The van der Waals surface area contributed by atoms with Gasteiger partial charge in [0, 0.05) is 19.6 Å². The summed E-state index contributed by atoms with van der Waals surface area (Å²) in [5.41, 5.74) is 1.11. The topological polar surface area (TPSA) is 43.8 Å². The summed E-state index contributed by atoms with van der Waals surface area (Å²) >= 11 is 6.21. The summed E-state index contributed by atoms with van der Waals surface area (Å²) < 4.78 is 0. The third kappa shape index (κ3) is 3.25. The summed E-state index contributed by atoms with van der Waals surface area (Å²) in [7, 11) is 2.01. The minimum atomic E-state index is -0.950. The van der Waals surface area contributed by atoms with Gasteiger partial charge in [-0.25, -0.2) is 4.79 Å². The number of likely N-dealkylation sites (N-methyl/N-ethyl adjacent to an activating group) is 2. The van der Waals surface area contributed by atoms with Crippen LogP contribution in [-0.2, 0) is 0 Å². The number of hydrogen-bond acceptors (Lipinski definition) is 3. The van der Waals surface area contributed by atoms with Crippen molar-refractivity contribution in [1.29, 1.82) is 0 Å². The SMILES string of the molecule is CCN1CCCC1CN(C)c1ccc(C(=O)O)cc1Cl. The van der Waals surface area contributed by atoms with Gasteiger partial charge in [-0.1, -0.05) is 18.5 Å². The molecule has 4 nitrogen and oxygen atoms in total. The molecule has 1 fully saturated rings. The van der Waals surface area contributed by atoms with E-state index in [9.17, 15) is 4.79 Å². The van der Waals surface area contributed by atoms with Crippen LogP contribution in [0.25, 0.3) is 0 Å². The Morgan fingerprint density at radius 3 is 2.90 bits per heavy atom. The number of likely N-dealkylation sites (tertiary alicyclic amines) is 1. The van der Waals surface area contributed by atoms with Gasteiger partial charge >= 0.3 is 5.97 Å². The molecule has 1 heterocycles. The van der Waals surface area contributed by atoms with Crippen LogP contribution >= 0.6 is 11.6 Å². The van der Waals surface area contributed by atoms with E-state index in [4.69, 9.17) is 16.7 Å². The largest absolute Gasteiger partial charge is 0.478 e. The number of rotatable bonds is 5. The number of anilines is 1. The molecule has 0 aromatic heterocycles. The van der Waals surface area contributed by atoms with Crippen molar-refractivity contribution in [2.45, 2.75) is 25.8 Å². The molecule has 0 amide bonds. The van der Waals surface area contributed by atoms with Crippen molar-refractivity contribution in [3.05, 3.63) is 28.8 Å². The number of carboxylic acid groups (broad SMARTS) is 1. The number of nitrogens with zero attached hydrogens (tertiary/aromatic N) is 2. The van der Waals surface area contributed by atoms with Crippen LogP contribution in [0.4, 0.5) is 5.69 Å². The van der Waals surface area contributed by atoms with Crippen molar-refractivity contribution in [2.75, 3.05) is 31.6 Å². The molecule has 0 bridgehead atoms. The lowest BCUT2D eigenvalue weighted by molar-refractivity contribution is 0.0697. The fourth-order valence-electron chi connectivity index (χ4n) is 2.88. The summed E-state index contributed by atoms with van der Waals surface area (Å²) in [5, 5.41) is 9.45. The second-order valence-corrected chi connectivity index (χ2v) is 5.68. The number of carbonyl (C=O) groups is 1. The van der Waals surface area contributed by atoms with E-state index in [1.807, 2.05) is 7.05 Å². The molecule has 2 rings (SSSR count). The van der Waals surface area contributed by atoms with Gasteiger partial charge in [0.15, 0.2) is 0 Å². The summed E-state index contributed by atoms with van der Waals surface area (Å²) in [6.45, 7) is 5.35. The smallest absolute Gasteiger partial charge is 0.335 e. The van der Waals surface area contributed by atoms with Gasteiger partial charge in [-0.05, 0) is 44.1 Å². The minimum absolute atomic E-state index is 0.225. The van der Waals surface area contributed by atoms with Crippen LogP contribution in [0.1, 0.15) is 30.1 Å². The number of halogens is 1. The highest BCUT2D eigenvalue weighted by molar-refractivity contribution is 6.33. The Balaban J connectivity index is 2.09. The first-order valence-electron chi connectivity index (χ1n) is 7.01. The second kappa shape index (κ2) is 6.46. The van der Waals surface area contributed by atoms with Gasteiger partial charge in [0.25, 0.3) is 0 Å². The minimum Gasteiger partial charge on any atom is -0.478 e. The van der Waals surface area contributed by atoms with E-state index < -0.39 is 5.97 Å². The number of carboxylic acids is 1. The van der Waals surface area contributed by atoms with E-state index >= 15 is 0 Å². The Bertz CT molecular complexity index is 493. The monoisotopic (exact) mass is 296 g/mol. The lowest BCUT2D eigenvalue weighted by atomic mass is 10.1. The van der Waals surface area contributed by atoms with Gasteiger partial charge in [-0.2, -0.15) is 0 Å². The zero-order valence-electron chi connectivity index (χ0n) is 12.0. The first-order valence-corrected chi connectivity index (χ1v) is 7.38. The Morgan fingerprint density at radius 1 is 1.55 bits per heavy atom. The van der Waals surface area contributed by atoms with Crippen LogP contribution in [0, 0.1) is 0 Å². The number of hydrogen-bond donors (Lipinski definition) is 1. The average Bonchev–Trinajstić information content (AvgIpc) is 2.85. The fraction of sp³-hybridized carbons (Fsp3) is 0.533. The highest BCUT2D eigenvalue weighted by Gasteiger charge is 2.24. The summed E-state index contributed by atoms with van der Waals surface area (Å²) in [6, 6.07) is 5.46. The molecule has 1 aromatic carbocycles. The van der Waals surface area contributed by atoms with E-state index in [0.717, 1.165) is 18.8 Å². The molecule has 0 spiro atoms. The average molecular weight is 297 g/mol. The number of benzene rings is 1. The Labute approximate surface area is 124 Å². The Hall–Kier alpha value is -1.26. The molecule has 1 saturated heterocycles. The predicted octanol–water partition coefficient (Wildman–Crippen LogP) is 2.96. The third-order valence-electron chi connectivity index (χ3n) is 4.00. The zero-order chi connectivity index (χ0) is 14.7. The molecule has 0 saturated carbocycles. The molecule has 110 valence electrons. The van der Waals surface area contributed by atoms with Crippen molar-refractivity contribution in [1.82, 2.24) is 4.90 Å². The lowest BCUT2D eigenvalue weighted by Crippen LogP contribution is -2.38. The van der Waals surface area contributed by atoms with E-state index in [0.29, 0.717) is 11.1 Å². The van der Waals surface area contributed by atoms with Crippen molar-refractivity contribution in [3.8, 4) is 0 Å². The van der Waals surface area contributed by atoms with Crippen LogP contribution in [0.3, 0.4) is 0 Å². The molecule has 1 aliphatic rings. The molecule has 1 atom stereocenters. The van der Waals surface area contributed by atoms with Gasteiger partial charge in [-0.15, -0.1) is 0 Å². The molecule has 0 aliphatic carbocycles. The highest BCUT2D eigenvalue weighted by atomic mass is 35.5. The van der Waals surface area contributed by atoms with Gasteiger partial charge in [0.05, 0.1) is 16.3 Å². The standard InChI is InChI=1S/C15H21ClN2O2/c1-3-18-8-4-5-12(18)10-17(2)14-7-6-11(15(19)20)9-13(14)16/h6-7,9,12H,3-5,8,10H2,1-2H3,(H,19,20). The second-order valence-electron chi connectivity index (χ2n) is 5.28. The summed E-state index contributed by atoms with van der Waals surface area (Å²) in [4.78, 5) is 15.5. The fourth-order valence-corrected chi connectivity index (χ4v) is 3.21. The van der Waals surface area contributed by atoms with Crippen LogP contribution in [0.2, 0.25) is 5.02 Å². The first kappa shape index (κ1) is 15.1. The van der Waals surface area contributed by atoms with Gasteiger partial charge in [-0.3, -0.25) is 4.90 Å². The first-order chi connectivity index (χ1) is 9.52. The molecule has 1 aliphatic heterocycles. The molecule has 1 aromatic rings. The molecular formula is C15H21ClN2O2. The third-order valence-corrected chi connectivity index (χ3v) is 4.30. The van der Waals surface area contributed by atoms with Crippen LogP contribution in [0.15, 0.2) is 18.2 Å². The summed E-state index contributed by atoms with van der Waals surface area (Å²) in [5.74, 6) is -0.950. The highest BCUT2D eigenvalue weighted by Crippen LogP contribution is 2.28. The van der Waals surface area contributed by atoms with Crippen LogP contribution < -0.4 is 4.90 Å². The molecule has 20 heavy (non-hydrogen) atoms. The maximum absolute atomic E-state index is 10.9. The van der Waals surface area contributed by atoms with Gasteiger partial charge < -0.3 is 10.0 Å². The molecular weight excluding hydrogens is 276 g/mol. The van der Waals surface area contributed by atoms with Gasteiger partial charge in [0.1, 0.15) is 0 Å². The Kier molecular flexibility index (Phi) is 4.89. The lowest BCUT2D eigenvalue weighted by Gasteiger charge is -2.29. The summed E-state index contributed by atoms with van der Waals surface area (Å²) in [6.07, 6.45) is 2.46. The molecule has 0 radical (unpaired) electrons. The zero-order valence-corrected chi connectivity index (χ0v) is 12.7. The molecule has 1 N–H and O–H groups in total. The maximum atomic E-state index is 10.9. The van der Waals surface area contributed by atoms with Crippen molar-refractivity contribution in [2.24, 2.45) is 0 Å². The van der Waals surface area contributed by atoms with Crippen molar-refractivity contribution in [3.63, 3.8) is 0 Å². The van der Waals surface area contributed by atoms with Crippen LogP contribution in [0.5, 0.6) is 0 Å². The van der Waals surface area contributed by atoms with Gasteiger partial charge in [0.2, 0.25) is 0 Å². The van der Waals surface area contributed by atoms with E-state index in [2.05, 4.69) is 16.7 Å². The van der Waals surface area contributed by atoms with E-state index in [-0.39, 0.29) is 5.56 Å². The van der Waals surface area contributed by atoms with E-state index in [1.54, 1.807) is 12.1 Å². The van der Waals surface area contributed by atoms with Crippen LogP contribution in [-0.4, -0.2) is 48.7 Å². The maximum Gasteiger partial charge on any atom is 0.335 e. The Morgan fingerprint density at radius 2 is 2.30 bits per heavy atom. The van der Waals surface area contributed by atoms with Crippen molar-refractivity contribution >= 4 is 23.3 Å². The van der Waals surface area contributed by atoms with Crippen molar-refractivity contribution < 1.29 is 9.90 Å². The predicted molar refractivity (Wildman–Crippen MR) is 82.0 cm³/mol. The molecule has 1 unspecified atom stereocenters. The number of aromatic carboxylic acids is 1.